The highest BCUT2D eigenvalue weighted by atomic mass is 16.4. The molecule has 128 valence electrons. The highest BCUT2D eigenvalue weighted by Gasteiger charge is 2.51. The van der Waals surface area contributed by atoms with Gasteiger partial charge < -0.3 is 14.8 Å². The number of fused-ring (bicyclic) bond motifs is 3. The van der Waals surface area contributed by atoms with Crippen LogP contribution in [0.3, 0.4) is 0 Å². The molecule has 2 aromatic rings. The van der Waals surface area contributed by atoms with Gasteiger partial charge in [-0.3, -0.25) is 9.59 Å². The van der Waals surface area contributed by atoms with Crippen molar-refractivity contribution >= 4 is 28.7 Å². The summed E-state index contributed by atoms with van der Waals surface area (Å²) in [5.74, 6) is -1.08. The predicted octanol–water partition coefficient (Wildman–Crippen LogP) is 3.17. The van der Waals surface area contributed by atoms with Crippen molar-refractivity contribution in [3.05, 3.63) is 36.2 Å². The summed E-state index contributed by atoms with van der Waals surface area (Å²) < 4.78 is 5.73. The van der Waals surface area contributed by atoms with Crippen LogP contribution in [0.4, 0.5) is 5.69 Å². The lowest BCUT2D eigenvalue weighted by Crippen LogP contribution is -2.36. The van der Waals surface area contributed by atoms with Crippen molar-refractivity contribution in [1.29, 1.82) is 0 Å². The lowest BCUT2D eigenvalue weighted by Gasteiger charge is -2.23. The molecule has 0 saturated heterocycles. The van der Waals surface area contributed by atoms with E-state index in [-0.39, 0.29) is 17.7 Å². The standard InChI is InChI=1S/C19H18N2O4/c22-17(15-10-3-4-11(7-10)16(15)19(23)24)20-12-5-6-14-13(8-12)21-18(25-14)9-1-2-9/h3-6,8-11,15-16H,1-2,7H2,(H,20,22)(H,23,24)/t10-,11-,15+,16-/m0/s1. The maximum Gasteiger partial charge on any atom is 0.307 e. The number of carbonyl (C=O) groups is 2. The van der Waals surface area contributed by atoms with Gasteiger partial charge in [0, 0.05) is 11.6 Å². The zero-order valence-corrected chi connectivity index (χ0v) is 13.5. The third kappa shape index (κ3) is 2.35. The number of hydrogen-bond donors (Lipinski definition) is 2. The molecule has 6 nitrogen and oxygen atoms in total. The smallest absolute Gasteiger partial charge is 0.307 e. The van der Waals surface area contributed by atoms with Crippen LogP contribution < -0.4 is 5.32 Å². The van der Waals surface area contributed by atoms with Gasteiger partial charge in [0.1, 0.15) is 5.52 Å². The molecule has 2 bridgehead atoms. The van der Waals surface area contributed by atoms with E-state index in [9.17, 15) is 14.7 Å². The Labute approximate surface area is 143 Å². The molecule has 2 fully saturated rings. The van der Waals surface area contributed by atoms with Gasteiger partial charge in [-0.2, -0.15) is 0 Å². The van der Waals surface area contributed by atoms with Gasteiger partial charge in [-0.05, 0) is 49.3 Å². The van der Waals surface area contributed by atoms with Crippen molar-refractivity contribution in [3.8, 4) is 0 Å². The summed E-state index contributed by atoms with van der Waals surface area (Å²) in [5, 5.41) is 12.4. The van der Waals surface area contributed by atoms with Crippen LogP contribution in [0.1, 0.15) is 31.1 Å². The molecule has 0 radical (unpaired) electrons. The number of oxazole rings is 1. The van der Waals surface area contributed by atoms with Crippen molar-refractivity contribution in [2.75, 3.05) is 5.32 Å². The fraction of sp³-hybridized carbons (Fsp3) is 0.421. The summed E-state index contributed by atoms with van der Waals surface area (Å²) in [4.78, 5) is 28.8. The highest BCUT2D eigenvalue weighted by molar-refractivity contribution is 5.97. The minimum absolute atomic E-state index is 0.0170. The van der Waals surface area contributed by atoms with E-state index in [0.29, 0.717) is 17.2 Å². The van der Waals surface area contributed by atoms with Crippen LogP contribution in [0, 0.1) is 23.7 Å². The van der Waals surface area contributed by atoms with E-state index in [2.05, 4.69) is 10.3 Å². The molecule has 5 rings (SSSR count). The summed E-state index contributed by atoms with van der Waals surface area (Å²) in [7, 11) is 0. The summed E-state index contributed by atoms with van der Waals surface area (Å²) in [6, 6.07) is 5.38. The minimum Gasteiger partial charge on any atom is -0.481 e. The van der Waals surface area contributed by atoms with Gasteiger partial charge in [0.25, 0.3) is 0 Å². The Bertz CT molecular complexity index is 911. The van der Waals surface area contributed by atoms with Crippen LogP contribution >= 0.6 is 0 Å². The second-order valence-electron chi connectivity index (χ2n) is 7.34. The molecule has 25 heavy (non-hydrogen) atoms. The normalized spacial score (nSPS) is 30.1. The van der Waals surface area contributed by atoms with Gasteiger partial charge in [-0.1, -0.05) is 12.2 Å². The number of anilines is 1. The van der Waals surface area contributed by atoms with Crippen molar-refractivity contribution in [2.24, 2.45) is 23.7 Å². The largest absolute Gasteiger partial charge is 0.481 e. The highest BCUT2D eigenvalue weighted by Crippen LogP contribution is 2.48. The van der Waals surface area contributed by atoms with Crippen molar-refractivity contribution in [1.82, 2.24) is 4.98 Å². The van der Waals surface area contributed by atoms with Gasteiger partial charge in [-0.15, -0.1) is 0 Å². The fourth-order valence-electron chi connectivity index (χ4n) is 4.27. The first-order chi connectivity index (χ1) is 12.1. The van der Waals surface area contributed by atoms with Crippen molar-refractivity contribution in [2.45, 2.75) is 25.2 Å². The van der Waals surface area contributed by atoms with Crippen LogP contribution in [0.2, 0.25) is 0 Å². The predicted molar refractivity (Wildman–Crippen MR) is 90.0 cm³/mol. The van der Waals surface area contributed by atoms with Crippen LogP contribution in [0.25, 0.3) is 11.1 Å². The molecule has 0 unspecified atom stereocenters. The Morgan fingerprint density at radius 1 is 1.16 bits per heavy atom. The second kappa shape index (κ2) is 5.18. The number of amides is 1. The molecule has 4 atom stereocenters. The molecule has 1 amide bonds. The first-order valence-electron chi connectivity index (χ1n) is 8.72. The third-order valence-corrected chi connectivity index (χ3v) is 5.65. The Morgan fingerprint density at radius 2 is 1.92 bits per heavy atom. The minimum atomic E-state index is -0.891. The maximum atomic E-state index is 12.7. The van der Waals surface area contributed by atoms with Crippen LogP contribution in [-0.2, 0) is 9.59 Å². The van der Waals surface area contributed by atoms with E-state index in [4.69, 9.17) is 4.42 Å². The van der Waals surface area contributed by atoms with Crippen LogP contribution in [0.5, 0.6) is 0 Å². The molecule has 2 N–H and O–H groups in total. The molecule has 2 saturated carbocycles. The Balaban J connectivity index is 1.39. The van der Waals surface area contributed by atoms with E-state index in [1.807, 2.05) is 12.2 Å². The summed E-state index contributed by atoms with van der Waals surface area (Å²) >= 11 is 0. The molecule has 3 aliphatic rings. The van der Waals surface area contributed by atoms with Crippen LogP contribution in [0.15, 0.2) is 34.8 Å². The summed E-state index contributed by atoms with van der Waals surface area (Å²) in [6.07, 6.45) is 6.91. The first kappa shape index (κ1) is 14.7. The van der Waals surface area contributed by atoms with Gasteiger partial charge in [-0.25, -0.2) is 4.98 Å². The Hall–Kier alpha value is -2.63. The van der Waals surface area contributed by atoms with Crippen molar-refractivity contribution in [3.63, 3.8) is 0 Å². The molecule has 6 heteroatoms. The number of carboxylic acid groups (broad SMARTS) is 1. The van der Waals surface area contributed by atoms with E-state index in [1.165, 1.54) is 0 Å². The zero-order valence-electron chi connectivity index (χ0n) is 13.5. The Morgan fingerprint density at radius 3 is 2.64 bits per heavy atom. The molecular formula is C19H18N2O4. The van der Waals surface area contributed by atoms with E-state index in [1.54, 1.807) is 18.2 Å². The summed E-state index contributed by atoms with van der Waals surface area (Å²) in [5.41, 5.74) is 2.07. The first-order valence-corrected chi connectivity index (χ1v) is 8.72. The number of carboxylic acids is 1. The second-order valence-corrected chi connectivity index (χ2v) is 7.34. The molecular weight excluding hydrogens is 320 g/mol. The maximum absolute atomic E-state index is 12.7. The number of aromatic nitrogens is 1. The SMILES string of the molecule is O=C(O)[C@@H]1[C@H](C(=O)Nc2ccc3oc(C4CC4)nc3c2)[C@H]2C=C[C@H]1C2. The quantitative estimate of drug-likeness (QED) is 0.835. The number of aliphatic carboxylic acids is 1. The van der Waals surface area contributed by atoms with E-state index >= 15 is 0 Å². The van der Waals surface area contributed by atoms with Gasteiger partial charge in [0.2, 0.25) is 5.91 Å². The van der Waals surface area contributed by atoms with Gasteiger partial charge >= 0.3 is 5.97 Å². The van der Waals surface area contributed by atoms with Gasteiger partial charge in [0.05, 0.1) is 11.8 Å². The average molecular weight is 338 g/mol. The monoisotopic (exact) mass is 338 g/mol. The molecule has 1 aromatic carbocycles. The third-order valence-electron chi connectivity index (χ3n) is 5.65. The molecule has 3 aliphatic carbocycles. The number of benzene rings is 1. The Kier molecular flexibility index (Phi) is 3.04. The van der Waals surface area contributed by atoms with Crippen molar-refractivity contribution < 1.29 is 19.1 Å². The number of rotatable bonds is 4. The summed E-state index contributed by atoms with van der Waals surface area (Å²) in [6.45, 7) is 0. The average Bonchev–Trinajstić information content (AvgIpc) is 3.04. The molecule has 1 aromatic heterocycles. The lowest BCUT2D eigenvalue weighted by molar-refractivity contribution is -0.146. The lowest BCUT2D eigenvalue weighted by atomic mass is 9.82. The van der Waals surface area contributed by atoms with Crippen LogP contribution in [-0.4, -0.2) is 22.0 Å². The molecule has 0 aliphatic heterocycles. The molecule has 0 spiro atoms. The number of nitrogens with one attached hydrogen (secondary N) is 1. The van der Waals surface area contributed by atoms with Gasteiger partial charge in [0.15, 0.2) is 11.5 Å². The van der Waals surface area contributed by atoms with E-state index < -0.39 is 17.8 Å². The number of allylic oxidation sites excluding steroid dienone is 2. The zero-order chi connectivity index (χ0) is 17.1. The number of nitrogens with zero attached hydrogens (tertiary/aromatic N) is 1. The number of carbonyl (C=O) groups excluding carboxylic acids is 1. The molecule has 1 heterocycles. The van der Waals surface area contributed by atoms with E-state index in [0.717, 1.165) is 30.7 Å². The topological polar surface area (TPSA) is 92.4 Å². The fourth-order valence-corrected chi connectivity index (χ4v) is 4.27. The number of hydrogen-bond acceptors (Lipinski definition) is 4.